The second-order valence-electron chi connectivity index (χ2n) is 5.40. The van der Waals surface area contributed by atoms with Gasteiger partial charge in [0.15, 0.2) is 5.78 Å². The first-order chi connectivity index (χ1) is 10.1. The highest BCUT2D eigenvalue weighted by Crippen LogP contribution is 2.21. The summed E-state index contributed by atoms with van der Waals surface area (Å²) >= 11 is 0. The molecule has 4 nitrogen and oxygen atoms in total. The van der Waals surface area contributed by atoms with Gasteiger partial charge < -0.3 is 10.2 Å². The molecule has 1 N–H and O–H groups in total. The van der Waals surface area contributed by atoms with E-state index in [0.29, 0.717) is 25.1 Å². The van der Waals surface area contributed by atoms with Gasteiger partial charge >= 0.3 is 0 Å². The zero-order valence-corrected chi connectivity index (χ0v) is 12.3. The molecule has 0 saturated carbocycles. The van der Waals surface area contributed by atoms with Crippen molar-refractivity contribution >= 4 is 11.7 Å². The number of likely N-dealkylation sites (tertiary alicyclic amines) is 1. The number of halogens is 1. The number of hydrogen-bond acceptors (Lipinski definition) is 3. The van der Waals surface area contributed by atoms with Crippen LogP contribution < -0.4 is 5.32 Å². The Balaban J connectivity index is 1.98. The zero-order valence-electron chi connectivity index (χ0n) is 12.3. The largest absolute Gasteiger partial charge is 0.342 e. The number of nitrogens with one attached hydrogen (secondary N) is 1. The Kier molecular flexibility index (Phi) is 5.44. The lowest BCUT2D eigenvalue weighted by atomic mass is 9.90. The van der Waals surface area contributed by atoms with Crippen molar-refractivity contribution in [2.45, 2.75) is 19.3 Å². The fourth-order valence-corrected chi connectivity index (χ4v) is 2.66. The molecule has 1 heterocycles. The van der Waals surface area contributed by atoms with Gasteiger partial charge in [-0.2, -0.15) is 0 Å². The molecule has 5 heteroatoms. The van der Waals surface area contributed by atoms with Crippen molar-refractivity contribution in [2.75, 3.05) is 26.7 Å². The number of Topliss-reactive ketones (excluding diaryl/α,β-unsaturated/α-hetero) is 1. The topological polar surface area (TPSA) is 49.4 Å². The van der Waals surface area contributed by atoms with Crippen LogP contribution in [0.25, 0.3) is 0 Å². The number of amides is 1. The maximum absolute atomic E-state index is 12.9. The van der Waals surface area contributed by atoms with Gasteiger partial charge in [-0.1, -0.05) is 0 Å². The molecule has 1 fully saturated rings. The molecule has 1 aromatic carbocycles. The molecular weight excluding hydrogens is 271 g/mol. The lowest BCUT2D eigenvalue weighted by Gasteiger charge is -2.32. The molecule has 1 unspecified atom stereocenters. The highest BCUT2D eigenvalue weighted by molar-refractivity contribution is 5.98. The minimum atomic E-state index is -0.348. The van der Waals surface area contributed by atoms with Gasteiger partial charge in [-0.3, -0.25) is 9.59 Å². The van der Waals surface area contributed by atoms with Crippen LogP contribution in [0.15, 0.2) is 24.3 Å². The number of ketones is 1. The molecule has 1 aliphatic heterocycles. The van der Waals surface area contributed by atoms with Gasteiger partial charge in [0.05, 0.1) is 0 Å². The first kappa shape index (κ1) is 15.6. The van der Waals surface area contributed by atoms with Crippen LogP contribution in [0.2, 0.25) is 0 Å². The predicted octanol–water partition coefficient (Wildman–Crippen LogP) is 1.86. The number of carbonyl (C=O) groups is 2. The van der Waals surface area contributed by atoms with Crippen molar-refractivity contribution in [3.05, 3.63) is 35.6 Å². The zero-order chi connectivity index (χ0) is 15.2. The van der Waals surface area contributed by atoms with Gasteiger partial charge in [0, 0.05) is 37.5 Å². The van der Waals surface area contributed by atoms with Crippen molar-refractivity contribution in [2.24, 2.45) is 5.92 Å². The average Bonchev–Trinajstić information content (AvgIpc) is 2.52. The monoisotopic (exact) mass is 292 g/mol. The molecule has 1 aliphatic rings. The Morgan fingerprint density at radius 2 is 2.05 bits per heavy atom. The summed E-state index contributed by atoms with van der Waals surface area (Å²) in [6.07, 6.45) is 2.07. The van der Waals surface area contributed by atoms with Crippen LogP contribution in [-0.4, -0.2) is 43.3 Å². The Morgan fingerprint density at radius 3 is 2.71 bits per heavy atom. The molecule has 21 heavy (non-hydrogen) atoms. The highest BCUT2D eigenvalue weighted by Gasteiger charge is 2.28. The standard InChI is InChI=1S/C16H21FN2O2/c1-18-9-8-15(20)19-10-2-3-13(11-19)16(21)12-4-6-14(17)7-5-12/h4-7,13,18H,2-3,8-11H2,1H3. The molecule has 0 spiro atoms. The van der Waals surface area contributed by atoms with Gasteiger partial charge in [-0.15, -0.1) is 0 Å². The van der Waals surface area contributed by atoms with E-state index in [9.17, 15) is 14.0 Å². The normalized spacial score (nSPS) is 18.6. The smallest absolute Gasteiger partial charge is 0.223 e. The summed E-state index contributed by atoms with van der Waals surface area (Å²) in [6, 6.07) is 5.62. The number of benzene rings is 1. The van der Waals surface area contributed by atoms with Gasteiger partial charge in [-0.05, 0) is 44.2 Å². The highest BCUT2D eigenvalue weighted by atomic mass is 19.1. The molecule has 0 radical (unpaired) electrons. The summed E-state index contributed by atoms with van der Waals surface area (Å²) in [5, 5.41) is 2.95. The minimum absolute atomic E-state index is 0.00103. The number of hydrogen-bond donors (Lipinski definition) is 1. The van der Waals surface area contributed by atoms with Crippen LogP contribution >= 0.6 is 0 Å². The van der Waals surface area contributed by atoms with Crippen LogP contribution in [-0.2, 0) is 4.79 Å². The van der Waals surface area contributed by atoms with Crippen molar-refractivity contribution < 1.29 is 14.0 Å². The summed E-state index contributed by atoms with van der Waals surface area (Å²) in [4.78, 5) is 26.2. The molecule has 2 rings (SSSR count). The number of piperidine rings is 1. The summed E-state index contributed by atoms with van der Waals surface area (Å²) in [5.74, 6) is -0.441. The van der Waals surface area contributed by atoms with Gasteiger partial charge in [0.2, 0.25) is 5.91 Å². The van der Waals surface area contributed by atoms with Gasteiger partial charge in [0.25, 0.3) is 0 Å². The maximum Gasteiger partial charge on any atom is 0.223 e. The molecule has 114 valence electrons. The van der Waals surface area contributed by atoms with E-state index >= 15 is 0 Å². The van der Waals surface area contributed by atoms with E-state index in [1.165, 1.54) is 24.3 Å². The maximum atomic E-state index is 12.9. The second-order valence-corrected chi connectivity index (χ2v) is 5.40. The van der Waals surface area contributed by atoms with Crippen LogP contribution in [0.5, 0.6) is 0 Å². The molecule has 1 aromatic rings. The Morgan fingerprint density at radius 1 is 1.33 bits per heavy atom. The summed E-state index contributed by atoms with van der Waals surface area (Å²) in [5.41, 5.74) is 0.519. The molecule has 0 aliphatic carbocycles. The summed E-state index contributed by atoms with van der Waals surface area (Å²) in [7, 11) is 1.81. The van der Waals surface area contributed by atoms with Crippen molar-refractivity contribution in [1.29, 1.82) is 0 Å². The number of rotatable bonds is 5. The van der Waals surface area contributed by atoms with E-state index in [-0.39, 0.29) is 23.4 Å². The molecule has 0 aromatic heterocycles. The predicted molar refractivity (Wildman–Crippen MR) is 78.6 cm³/mol. The Hall–Kier alpha value is -1.75. The van der Waals surface area contributed by atoms with E-state index < -0.39 is 0 Å². The van der Waals surface area contributed by atoms with Crippen molar-refractivity contribution in [3.8, 4) is 0 Å². The van der Waals surface area contributed by atoms with Gasteiger partial charge in [0.1, 0.15) is 5.82 Å². The van der Waals surface area contributed by atoms with Crippen molar-refractivity contribution in [1.82, 2.24) is 10.2 Å². The molecule has 0 bridgehead atoms. The summed E-state index contributed by atoms with van der Waals surface area (Å²) in [6.45, 7) is 1.83. The van der Waals surface area contributed by atoms with Crippen molar-refractivity contribution in [3.63, 3.8) is 0 Å². The lowest BCUT2D eigenvalue weighted by molar-refractivity contribution is -0.132. The van der Waals surface area contributed by atoms with Crippen LogP contribution in [0, 0.1) is 11.7 Å². The second kappa shape index (κ2) is 7.31. The first-order valence-corrected chi connectivity index (χ1v) is 7.34. The third-order valence-electron chi connectivity index (χ3n) is 3.86. The number of nitrogens with zero attached hydrogens (tertiary/aromatic N) is 1. The third-order valence-corrected chi connectivity index (χ3v) is 3.86. The average molecular weight is 292 g/mol. The van der Waals surface area contributed by atoms with Crippen LogP contribution in [0.3, 0.4) is 0 Å². The first-order valence-electron chi connectivity index (χ1n) is 7.34. The van der Waals surface area contributed by atoms with Gasteiger partial charge in [-0.25, -0.2) is 4.39 Å². The Labute approximate surface area is 124 Å². The summed E-state index contributed by atoms with van der Waals surface area (Å²) < 4.78 is 12.9. The third kappa shape index (κ3) is 4.11. The van der Waals surface area contributed by atoms with E-state index in [2.05, 4.69) is 5.32 Å². The SMILES string of the molecule is CNCCC(=O)N1CCCC(C(=O)c2ccc(F)cc2)C1. The minimum Gasteiger partial charge on any atom is -0.342 e. The lowest BCUT2D eigenvalue weighted by Crippen LogP contribution is -2.43. The van der Waals surface area contributed by atoms with E-state index in [1.54, 1.807) is 4.90 Å². The number of carbonyl (C=O) groups excluding carboxylic acids is 2. The van der Waals surface area contributed by atoms with E-state index in [0.717, 1.165) is 19.4 Å². The quantitative estimate of drug-likeness (QED) is 0.843. The van der Waals surface area contributed by atoms with Crippen LogP contribution in [0.1, 0.15) is 29.6 Å². The molecular formula is C16H21FN2O2. The molecule has 1 saturated heterocycles. The molecule has 1 atom stereocenters. The van der Waals surface area contributed by atoms with Crippen LogP contribution in [0.4, 0.5) is 4.39 Å². The Bertz CT molecular complexity index is 502. The fourth-order valence-electron chi connectivity index (χ4n) is 2.66. The molecule has 1 amide bonds. The van der Waals surface area contributed by atoms with E-state index in [1.807, 2.05) is 7.05 Å². The fraction of sp³-hybridized carbons (Fsp3) is 0.500. The van der Waals surface area contributed by atoms with E-state index in [4.69, 9.17) is 0 Å².